The molecule has 4 nitrogen and oxygen atoms in total. The summed E-state index contributed by atoms with van der Waals surface area (Å²) in [6.07, 6.45) is 0.962. The van der Waals surface area contributed by atoms with Gasteiger partial charge in [0, 0.05) is 6.61 Å². The van der Waals surface area contributed by atoms with Crippen molar-refractivity contribution in [1.29, 1.82) is 0 Å². The van der Waals surface area contributed by atoms with Crippen molar-refractivity contribution in [2.45, 2.75) is 13.3 Å². The Morgan fingerprint density at radius 1 is 1.35 bits per heavy atom. The van der Waals surface area contributed by atoms with Crippen molar-refractivity contribution >= 4 is 17.6 Å². The van der Waals surface area contributed by atoms with Crippen LogP contribution in [0.3, 0.4) is 0 Å². The molecule has 1 aromatic rings. The second kappa shape index (κ2) is 7.14. The number of carbonyl (C=O) groups is 1. The predicted octanol–water partition coefficient (Wildman–Crippen LogP) is 2.84. The van der Waals surface area contributed by atoms with Crippen LogP contribution in [0.4, 0.5) is 0 Å². The number of rotatable bonds is 7. The summed E-state index contributed by atoms with van der Waals surface area (Å²) in [5.41, 5.74) is 0.0404. The highest BCUT2D eigenvalue weighted by molar-refractivity contribution is 6.33. The van der Waals surface area contributed by atoms with E-state index in [-0.39, 0.29) is 10.6 Å². The quantitative estimate of drug-likeness (QED) is 0.764. The monoisotopic (exact) mass is 258 g/mol. The zero-order chi connectivity index (χ0) is 12.7. The van der Waals surface area contributed by atoms with Gasteiger partial charge in [0.25, 0.3) is 0 Å². The number of ether oxygens (including phenoxy) is 2. The first kappa shape index (κ1) is 13.8. The van der Waals surface area contributed by atoms with Crippen molar-refractivity contribution < 1.29 is 19.4 Å². The number of hydrogen-bond acceptors (Lipinski definition) is 3. The van der Waals surface area contributed by atoms with Crippen LogP contribution in [0, 0.1) is 0 Å². The molecule has 0 amide bonds. The predicted molar refractivity (Wildman–Crippen MR) is 65.0 cm³/mol. The minimum atomic E-state index is -1.07. The third kappa shape index (κ3) is 4.63. The van der Waals surface area contributed by atoms with E-state index in [4.69, 9.17) is 26.2 Å². The van der Waals surface area contributed by atoms with E-state index in [0.717, 1.165) is 6.42 Å². The van der Waals surface area contributed by atoms with E-state index in [1.807, 2.05) is 6.92 Å². The normalized spacial score (nSPS) is 10.2. The van der Waals surface area contributed by atoms with E-state index in [1.54, 1.807) is 6.07 Å². The number of aromatic carboxylic acids is 1. The molecule has 0 aliphatic rings. The lowest BCUT2D eigenvalue weighted by Gasteiger charge is -2.08. The topological polar surface area (TPSA) is 55.8 Å². The third-order valence-electron chi connectivity index (χ3n) is 2.01. The summed E-state index contributed by atoms with van der Waals surface area (Å²) in [5, 5.41) is 9.07. The third-order valence-corrected chi connectivity index (χ3v) is 2.34. The molecule has 17 heavy (non-hydrogen) atoms. The maximum Gasteiger partial charge on any atom is 0.337 e. The van der Waals surface area contributed by atoms with E-state index in [1.165, 1.54) is 12.1 Å². The summed E-state index contributed by atoms with van der Waals surface area (Å²) >= 11 is 5.73. The van der Waals surface area contributed by atoms with Gasteiger partial charge in [0.1, 0.15) is 12.4 Å². The lowest BCUT2D eigenvalue weighted by molar-refractivity contribution is 0.0696. The summed E-state index contributed by atoms with van der Waals surface area (Å²) in [6.45, 7) is 3.60. The first-order valence-electron chi connectivity index (χ1n) is 5.38. The Kier molecular flexibility index (Phi) is 5.80. The number of halogens is 1. The molecule has 5 heteroatoms. The minimum absolute atomic E-state index is 0.0404. The molecule has 1 N–H and O–H groups in total. The highest BCUT2D eigenvalue weighted by Gasteiger charge is 2.09. The summed E-state index contributed by atoms with van der Waals surface area (Å²) in [6, 6.07) is 4.55. The van der Waals surface area contributed by atoms with Crippen molar-refractivity contribution in [1.82, 2.24) is 0 Å². The molecule has 0 atom stereocenters. The fourth-order valence-electron chi connectivity index (χ4n) is 1.22. The highest BCUT2D eigenvalue weighted by atomic mass is 35.5. The van der Waals surface area contributed by atoms with Crippen molar-refractivity contribution in [3.63, 3.8) is 0 Å². The SMILES string of the molecule is CCCOCCOc1ccc(Cl)c(C(=O)O)c1. The molecule has 0 saturated carbocycles. The van der Waals surface area contributed by atoms with E-state index >= 15 is 0 Å². The molecular weight excluding hydrogens is 244 g/mol. The lowest BCUT2D eigenvalue weighted by Crippen LogP contribution is -2.07. The van der Waals surface area contributed by atoms with Crippen LogP contribution in [0.5, 0.6) is 5.75 Å². The maximum atomic E-state index is 10.8. The van der Waals surface area contributed by atoms with Crippen molar-refractivity contribution in [2.24, 2.45) is 0 Å². The van der Waals surface area contributed by atoms with Gasteiger partial charge in [-0.25, -0.2) is 4.79 Å². The molecule has 0 bridgehead atoms. The molecule has 1 aromatic carbocycles. The molecule has 0 aliphatic carbocycles. The average molecular weight is 259 g/mol. The van der Waals surface area contributed by atoms with Crippen LogP contribution in [-0.2, 0) is 4.74 Å². The molecule has 0 unspecified atom stereocenters. The van der Waals surface area contributed by atoms with Gasteiger partial charge in [0.15, 0.2) is 0 Å². The Morgan fingerprint density at radius 3 is 2.76 bits per heavy atom. The van der Waals surface area contributed by atoms with E-state index < -0.39 is 5.97 Å². The molecule has 0 radical (unpaired) electrons. The molecule has 94 valence electrons. The zero-order valence-corrected chi connectivity index (χ0v) is 10.4. The summed E-state index contributed by atoms with van der Waals surface area (Å²) in [4.78, 5) is 10.8. The van der Waals surface area contributed by atoms with Crippen molar-refractivity contribution in [3.8, 4) is 5.75 Å². The Hall–Kier alpha value is -1.26. The van der Waals surface area contributed by atoms with Crippen LogP contribution in [0.1, 0.15) is 23.7 Å². The zero-order valence-electron chi connectivity index (χ0n) is 9.61. The Bertz CT molecular complexity index is 379. The van der Waals surface area contributed by atoms with Crippen LogP contribution in [0.2, 0.25) is 5.02 Å². The molecular formula is C12H15ClO4. The molecule has 0 aromatic heterocycles. The van der Waals surface area contributed by atoms with Crippen molar-refractivity contribution in [2.75, 3.05) is 19.8 Å². The highest BCUT2D eigenvalue weighted by Crippen LogP contribution is 2.22. The maximum absolute atomic E-state index is 10.8. The summed E-state index contributed by atoms with van der Waals surface area (Å²) in [5.74, 6) is -0.588. The van der Waals surface area contributed by atoms with Gasteiger partial charge < -0.3 is 14.6 Å². The van der Waals surface area contributed by atoms with Crippen LogP contribution >= 0.6 is 11.6 Å². The number of hydrogen-bond donors (Lipinski definition) is 1. The van der Waals surface area contributed by atoms with Gasteiger partial charge in [0.2, 0.25) is 0 Å². The second-order valence-electron chi connectivity index (χ2n) is 3.41. The Labute approximate surface area is 105 Å². The molecule has 0 fully saturated rings. The largest absolute Gasteiger partial charge is 0.491 e. The van der Waals surface area contributed by atoms with E-state index in [2.05, 4.69) is 0 Å². The molecule has 0 heterocycles. The van der Waals surface area contributed by atoms with Crippen LogP contribution in [-0.4, -0.2) is 30.9 Å². The molecule has 0 saturated heterocycles. The summed E-state index contributed by atoms with van der Waals surface area (Å²) < 4.78 is 10.6. The van der Waals surface area contributed by atoms with Gasteiger partial charge >= 0.3 is 5.97 Å². The Balaban J connectivity index is 2.49. The lowest BCUT2D eigenvalue weighted by atomic mass is 10.2. The van der Waals surface area contributed by atoms with Gasteiger partial charge in [-0.15, -0.1) is 0 Å². The van der Waals surface area contributed by atoms with Gasteiger partial charge in [-0.1, -0.05) is 18.5 Å². The van der Waals surface area contributed by atoms with E-state index in [9.17, 15) is 4.79 Å². The fraction of sp³-hybridized carbons (Fsp3) is 0.417. The molecule has 0 aliphatic heterocycles. The number of carboxylic acids is 1. The first-order valence-corrected chi connectivity index (χ1v) is 5.76. The molecule has 0 spiro atoms. The van der Waals surface area contributed by atoms with Crippen LogP contribution in [0.25, 0.3) is 0 Å². The standard InChI is InChI=1S/C12H15ClO4/c1-2-5-16-6-7-17-9-3-4-11(13)10(8-9)12(14)15/h3-4,8H,2,5-7H2,1H3,(H,14,15). The van der Waals surface area contributed by atoms with Crippen molar-refractivity contribution in [3.05, 3.63) is 28.8 Å². The van der Waals surface area contributed by atoms with Gasteiger partial charge in [0.05, 0.1) is 17.2 Å². The number of benzene rings is 1. The smallest absolute Gasteiger partial charge is 0.337 e. The Morgan fingerprint density at radius 2 is 2.12 bits per heavy atom. The minimum Gasteiger partial charge on any atom is -0.491 e. The average Bonchev–Trinajstić information content (AvgIpc) is 2.30. The van der Waals surface area contributed by atoms with Gasteiger partial charge in [-0.2, -0.15) is 0 Å². The summed E-state index contributed by atoms with van der Waals surface area (Å²) in [7, 11) is 0. The first-order chi connectivity index (χ1) is 8.15. The fourth-order valence-corrected chi connectivity index (χ4v) is 1.42. The molecule has 1 rings (SSSR count). The van der Waals surface area contributed by atoms with Crippen LogP contribution in [0.15, 0.2) is 18.2 Å². The van der Waals surface area contributed by atoms with Crippen LogP contribution < -0.4 is 4.74 Å². The van der Waals surface area contributed by atoms with Gasteiger partial charge in [-0.3, -0.25) is 0 Å². The number of carboxylic acid groups (broad SMARTS) is 1. The van der Waals surface area contributed by atoms with E-state index in [0.29, 0.717) is 25.6 Å². The second-order valence-corrected chi connectivity index (χ2v) is 3.81. The van der Waals surface area contributed by atoms with Gasteiger partial charge in [-0.05, 0) is 24.6 Å².